The zero-order valence-electron chi connectivity index (χ0n) is 14.0. The summed E-state index contributed by atoms with van der Waals surface area (Å²) in [5.74, 6) is 0.721. The van der Waals surface area contributed by atoms with Gasteiger partial charge in [0.25, 0.3) is 0 Å². The van der Waals surface area contributed by atoms with E-state index in [1.54, 1.807) is 7.11 Å². The molecule has 0 aromatic heterocycles. The average Bonchev–Trinajstić information content (AvgIpc) is 2.38. The Hall–Kier alpha value is -0.120. The zero-order valence-corrected chi connectivity index (χ0v) is 14.0. The molecule has 0 saturated heterocycles. The van der Waals surface area contributed by atoms with Crippen LogP contribution in [0.5, 0.6) is 0 Å². The van der Waals surface area contributed by atoms with Crippen LogP contribution in [-0.4, -0.2) is 50.3 Å². The maximum atomic E-state index is 5.28. The fourth-order valence-electron chi connectivity index (χ4n) is 2.45. The number of methoxy groups -OCH3 is 1. The van der Waals surface area contributed by atoms with E-state index in [1.807, 2.05) is 0 Å². The Balaban J connectivity index is 4.45. The molecule has 0 aliphatic heterocycles. The van der Waals surface area contributed by atoms with Crippen LogP contribution in [0.15, 0.2) is 0 Å². The van der Waals surface area contributed by atoms with E-state index in [1.165, 1.54) is 19.3 Å². The van der Waals surface area contributed by atoms with Gasteiger partial charge in [-0.15, -0.1) is 0 Å². The van der Waals surface area contributed by atoms with Crippen LogP contribution >= 0.6 is 0 Å². The van der Waals surface area contributed by atoms with Crippen molar-refractivity contribution in [3.05, 3.63) is 0 Å². The maximum Gasteiger partial charge on any atom is 0.0589 e. The minimum Gasteiger partial charge on any atom is -0.383 e. The van der Waals surface area contributed by atoms with Gasteiger partial charge < -0.3 is 10.1 Å². The summed E-state index contributed by atoms with van der Waals surface area (Å²) in [6, 6.07) is 1.27. The summed E-state index contributed by atoms with van der Waals surface area (Å²) in [5.41, 5.74) is 0. The van der Waals surface area contributed by atoms with E-state index in [0.29, 0.717) is 12.1 Å². The van der Waals surface area contributed by atoms with Crippen molar-refractivity contribution >= 4 is 0 Å². The van der Waals surface area contributed by atoms with Crippen molar-refractivity contribution in [1.82, 2.24) is 10.2 Å². The maximum absolute atomic E-state index is 5.28. The van der Waals surface area contributed by atoms with Gasteiger partial charge in [-0.1, -0.05) is 34.1 Å². The number of rotatable bonds is 12. The summed E-state index contributed by atoms with van der Waals surface area (Å²) in [6.07, 6.45) is 3.71. The molecule has 0 rings (SSSR count). The standard InChI is InChI=1S/C16H36N2O/c1-7-9-16(13-17-12-14(3)4)18(10-11-19-6)15(5)8-2/h14-17H,7-13H2,1-6H3. The van der Waals surface area contributed by atoms with Crippen LogP contribution in [0.2, 0.25) is 0 Å². The molecule has 19 heavy (non-hydrogen) atoms. The fourth-order valence-corrected chi connectivity index (χ4v) is 2.45. The Kier molecular flexibility index (Phi) is 11.6. The summed E-state index contributed by atoms with van der Waals surface area (Å²) in [5, 5.41) is 3.62. The molecule has 2 unspecified atom stereocenters. The Morgan fingerprint density at radius 3 is 2.26 bits per heavy atom. The molecular weight excluding hydrogens is 236 g/mol. The van der Waals surface area contributed by atoms with Gasteiger partial charge in [-0.3, -0.25) is 4.90 Å². The molecule has 116 valence electrons. The number of hydrogen-bond donors (Lipinski definition) is 1. The van der Waals surface area contributed by atoms with Gasteiger partial charge in [0, 0.05) is 32.3 Å². The predicted octanol–water partition coefficient (Wildman–Crippen LogP) is 3.15. The molecule has 0 bridgehead atoms. The highest BCUT2D eigenvalue weighted by atomic mass is 16.5. The van der Waals surface area contributed by atoms with Crippen molar-refractivity contribution in [2.24, 2.45) is 5.92 Å². The molecule has 1 N–H and O–H groups in total. The van der Waals surface area contributed by atoms with Crippen LogP contribution in [-0.2, 0) is 4.74 Å². The molecule has 0 amide bonds. The van der Waals surface area contributed by atoms with Gasteiger partial charge in [-0.25, -0.2) is 0 Å². The minimum absolute atomic E-state index is 0.632. The van der Waals surface area contributed by atoms with Crippen molar-refractivity contribution in [2.75, 3.05) is 33.4 Å². The quantitative estimate of drug-likeness (QED) is 0.591. The average molecular weight is 272 g/mol. The van der Waals surface area contributed by atoms with E-state index in [2.05, 4.69) is 44.8 Å². The highest BCUT2D eigenvalue weighted by molar-refractivity contribution is 4.78. The molecule has 0 spiro atoms. The monoisotopic (exact) mass is 272 g/mol. The molecule has 0 aliphatic rings. The molecule has 0 fully saturated rings. The molecule has 0 aromatic rings. The lowest BCUT2D eigenvalue weighted by Gasteiger charge is -2.36. The third kappa shape index (κ3) is 8.61. The highest BCUT2D eigenvalue weighted by Gasteiger charge is 2.21. The second-order valence-corrected chi connectivity index (χ2v) is 5.98. The fraction of sp³-hybridized carbons (Fsp3) is 1.00. The van der Waals surface area contributed by atoms with E-state index in [-0.39, 0.29) is 0 Å². The van der Waals surface area contributed by atoms with Crippen molar-refractivity contribution < 1.29 is 4.74 Å². The Morgan fingerprint density at radius 2 is 1.79 bits per heavy atom. The molecule has 0 saturated carbocycles. The van der Waals surface area contributed by atoms with Crippen molar-refractivity contribution in [2.45, 2.75) is 66.0 Å². The van der Waals surface area contributed by atoms with Crippen LogP contribution in [0.25, 0.3) is 0 Å². The number of ether oxygens (including phenoxy) is 1. The van der Waals surface area contributed by atoms with Crippen LogP contribution in [0.3, 0.4) is 0 Å². The first-order valence-corrected chi connectivity index (χ1v) is 8.02. The van der Waals surface area contributed by atoms with Crippen LogP contribution in [0.4, 0.5) is 0 Å². The van der Waals surface area contributed by atoms with Gasteiger partial charge in [0.05, 0.1) is 6.61 Å². The molecule has 2 atom stereocenters. The first-order valence-electron chi connectivity index (χ1n) is 8.02. The second kappa shape index (κ2) is 11.7. The molecule has 0 aliphatic carbocycles. The van der Waals surface area contributed by atoms with E-state index in [0.717, 1.165) is 32.2 Å². The summed E-state index contributed by atoms with van der Waals surface area (Å²) in [6.45, 7) is 15.5. The number of nitrogens with one attached hydrogen (secondary N) is 1. The van der Waals surface area contributed by atoms with Crippen molar-refractivity contribution in [3.8, 4) is 0 Å². The van der Waals surface area contributed by atoms with Gasteiger partial charge in [0.1, 0.15) is 0 Å². The topological polar surface area (TPSA) is 24.5 Å². The van der Waals surface area contributed by atoms with Gasteiger partial charge in [-0.05, 0) is 32.2 Å². The predicted molar refractivity (Wildman–Crippen MR) is 84.7 cm³/mol. The van der Waals surface area contributed by atoms with Crippen LogP contribution in [0.1, 0.15) is 53.9 Å². The van der Waals surface area contributed by atoms with Gasteiger partial charge in [0.2, 0.25) is 0 Å². The van der Waals surface area contributed by atoms with Crippen LogP contribution in [0, 0.1) is 5.92 Å². The van der Waals surface area contributed by atoms with Gasteiger partial charge in [0.15, 0.2) is 0 Å². The lowest BCUT2D eigenvalue weighted by atomic mass is 10.1. The third-order valence-electron chi connectivity index (χ3n) is 3.73. The van der Waals surface area contributed by atoms with Gasteiger partial charge >= 0.3 is 0 Å². The lowest BCUT2D eigenvalue weighted by molar-refractivity contribution is 0.0827. The largest absolute Gasteiger partial charge is 0.383 e. The first kappa shape index (κ1) is 18.9. The molecule has 0 aromatic carbocycles. The number of hydrogen-bond acceptors (Lipinski definition) is 3. The first-order chi connectivity index (χ1) is 9.06. The van der Waals surface area contributed by atoms with Gasteiger partial charge in [-0.2, -0.15) is 0 Å². The van der Waals surface area contributed by atoms with Crippen molar-refractivity contribution in [1.29, 1.82) is 0 Å². The Morgan fingerprint density at radius 1 is 1.11 bits per heavy atom. The summed E-state index contributed by atoms with van der Waals surface area (Å²) in [4.78, 5) is 2.63. The smallest absolute Gasteiger partial charge is 0.0589 e. The lowest BCUT2D eigenvalue weighted by Crippen LogP contribution is -2.48. The van der Waals surface area contributed by atoms with Crippen molar-refractivity contribution in [3.63, 3.8) is 0 Å². The van der Waals surface area contributed by atoms with E-state index < -0.39 is 0 Å². The zero-order chi connectivity index (χ0) is 14.7. The SMILES string of the molecule is CCCC(CNCC(C)C)N(CCOC)C(C)CC. The third-order valence-corrected chi connectivity index (χ3v) is 3.73. The summed E-state index contributed by atoms with van der Waals surface area (Å²) in [7, 11) is 1.79. The summed E-state index contributed by atoms with van der Waals surface area (Å²) < 4.78 is 5.28. The Bertz CT molecular complexity index is 197. The highest BCUT2D eigenvalue weighted by Crippen LogP contribution is 2.13. The van der Waals surface area contributed by atoms with E-state index >= 15 is 0 Å². The molecule has 3 nitrogen and oxygen atoms in total. The normalized spacial score (nSPS) is 15.2. The Labute approximate surface area is 121 Å². The van der Waals surface area contributed by atoms with E-state index in [9.17, 15) is 0 Å². The molecule has 0 radical (unpaired) electrons. The second-order valence-electron chi connectivity index (χ2n) is 5.98. The minimum atomic E-state index is 0.632. The molecule has 3 heteroatoms. The van der Waals surface area contributed by atoms with E-state index in [4.69, 9.17) is 4.74 Å². The number of nitrogens with zero attached hydrogens (tertiary/aromatic N) is 1. The molecular formula is C16H36N2O. The molecule has 0 heterocycles. The van der Waals surface area contributed by atoms with Crippen LogP contribution < -0.4 is 5.32 Å². The summed E-state index contributed by atoms with van der Waals surface area (Å²) >= 11 is 0.